The molecule has 1 aliphatic rings. The number of halogens is 1. The highest BCUT2D eigenvalue weighted by Gasteiger charge is 2.29. The van der Waals surface area contributed by atoms with E-state index in [9.17, 15) is 4.79 Å². The average Bonchev–Trinajstić information content (AvgIpc) is 2.85. The van der Waals surface area contributed by atoms with Crippen molar-refractivity contribution in [2.75, 3.05) is 5.33 Å². The van der Waals surface area contributed by atoms with Crippen LogP contribution >= 0.6 is 27.3 Å². The molecule has 0 fully saturated rings. The van der Waals surface area contributed by atoms with E-state index < -0.39 is 0 Å². The second-order valence-corrected chi connectivity index (χ2v) is 7.37. The average molecular weight is 344 g/mol. The van der Waals surface area contributed by atoms with Crippen LogP contribution in [0, 0.1) is 5.92 Å². The Morgan fingerprint density at radius 1 is 1.58 bits per heavy atom. The molecule has 1 aliphatic carbocycles. The molecule has 1 N–H and O–H groups in total. The quantitative estimate of drug-likeness (QED) is 0.801. The summed E-state index contributed by atoms with van der Waals surface area (Å²) in [5, 5.41) is 6.31. The molecule has 0 saturated heterocycles. The third-order valence-electron chi connectivity index (χ3n) is 3.92. The molecule has 0 aromatic carbocycles. The maximum atomic E-state index is 12.5. The summed E-state index contributed by atoms with van der Waals surface area (Å²) < 4.78 is 0. The number of hydrogen-bond acceptors (Lipinski definition) is 2. The molecule has 106 valence electrons. The van der Waals surface area contributed by atoms with Gasteiger partial charge in [-0.2, -0.15) is 0 Å². The van der Waals surface area contributed by atoms with Gasteiger partial charge in [0.15, 0.2) is 0 Å². The van der Waals surface area contributed by atoms with Gasteiger partial charge in [0.25, 0.3) is 0 Å². The van der Waals surface area contributed by atoms with E-state index in [1.54, 1.807) is 11.3 Å². The van der Waals surface area contributed by atoms with E-state index in [0.29, 0.717) is 5.92 Å². The van der Waals surface area contributed by atoms with Crippen molar-refractivity contribution in [1.29, 1.82) is 0 Å². The highest BCUT2D eigenvalue weighted by atomic mass is 79.9. The van der Waals surface area contributed by atoms with Crippen LogP contribution in [0.3, 0.4) is 0 Å². The number of hydrogen-bond donors (Lipinski definition) is 1. The third-order valence-corrected chi connectivity index (χ3v) is 5.38. The van der Waals surface area contributed by atoms with Gasteiger partial charge in [-0.3, -0.25) is 4.79 Å². The highest BCUT2D eigenvalue weighted by molar-refractivity contribution is 9.09. The van der Waals surface area contributed by atoms with E-state index in [1.165, 1.54) is 10.4 Å². The van der Waals surface area contributed by atoms with Gasteiger partial charge in [0.05, 0.1) is 5.92 Å². The lowest BCUT2D eigenvalue weighted by molar-refractivity contribution is -0.123. The number of amides is 1. The summed E-state index contributed by atoms with van der Waals surface area (Å²) in [6.45, 7) is 4.34. The number of carbonyl (C=O) groups excluding carboxylic acids is 1. The van der Waals surface area contributed by atoms with E-state index in [-0.39, 0.29) is 17.9 Å². The van der Waals surface area contributed by atoms with Crippen LogP contribution in [0.4, 0.5) is 0 Å². The van der Waals surface area contributed by atoms with E-state index in [2.05, 4.69) is 46.5 Å². The monoisotopic (exact) mass is 343 g/mol. The second kappa shape index (κ2) is 6.89. The Morgan fingerprint density at radius 3 is 3.05 bits per heavy atom. The zero-order valence-electron chi connectivity index (χ0n) is 11.6. The first kappa shape index (κ1) is 15.0. The lowest BCUT2D eigenvalue weighted by atomic mass is 9.86. The van der Waals surface area contributed by atoms with Crippen molar-refractivity contribution in [2.45, 2.75) is 51.5 Å². The standard InChI is InChI=1S/C15H22BrNOS/c1-10(2)13(6-8-16)17-15(18)12-4-3-5-14-11(12)7-9-19-14/h7,9-10,12-13H,3-6,8H2,1-2H3,(H,17,18). The molecule has 0 radical (unpaired) electrons. The minimum atomic E-state index is 0.0755. The van der Waals surface area contributed by atoms with Gasteiger partial charge in [-0.15, -0.1) is 11.3 Å². The molecule has 1 heterocycles. The van der Waals surface area contributed by atoms with Crippen LogP contribution in [0.2, 0.25) is 0 Å². The molecule has 1 aromatic rings. The minimum Gasteiger partial charge on any atom is -0.353 e. The summed E-state index contributed by atoms with van der Waals surface area (Å²) in [6.07, 6.45) is 4.27. The van der Waals surface area contributed by atoms with Gasteiger partial charge in [0, 0.05) is 16.2 Å². The number of alkyl halides is 1. The summed E-state index contributed by atoms with van der Waals surface area (Å²) in [5.74, 6) is 0.776. The lowest BCUT2D eigenvalue weighted by Crippen LogP contribution is -2.41. The molecular weight excluding hydrogens is 322 g/mol. The van der Waals surface area contributed by atoms with Gasteiger partial charge in [-0.1, -0.05) is 29.8 Å². The molecule has 2 atom stereocenters. The Hall–Kier alpha value is -0.350. The van der Waals surface area contributed by atoms with E-state index in [0.717, 1.165) is 31.0 Å². The number of carbonyl (C=O) groups is 1. The molecule has 2 nitrogen and oxygen atoms in total. The molecular formula is C15H22BrNOS. The van der Waals surface area contributed by atoms with Crippen molar-refractivity contribution < 1.29 is 4.79 Å². The fraction of sp³-hybridized carbons (Fsp3) is 0.667. The lowest BCUT2D eigenvalue weighted by Gasteiger charge is -2.27. The first-order valence-corrected chi connectivity index (χ1v) is 9.06. The molecule has 0 aliphatic heterocycles. The first-order valence-electron chi connectivity index (χ1n) is 7.06. The highest BCUT2D eigenvalue weighted by Crippen LogP contribution is 2.35. The van der Waals surface area contributed by atoms with E-state index >= 15 is 0 Å². The van der Waals surface area contributed by atoms with Gasteiger partial charge in [-0.25, -0.2) is 0 Å². The summed E-state index contributed by atoms with van der Waals surface area (Å²) in [6, 6.07) is 2.41. The van der Waals surface area contributed by atoms with E-state index in [1.807, 2.05) is 0 Å². The molecule has 0 saturated carbocycles. The zero-order valence-corrected chi connectivity index (χ0v) is 14.0. The SMILES string of the molecule is CC(C)C(CCBr)NC(=O)C1CCCc2sccc21. The fourth-order valence-electron chi connectivity index (χ4n) is 2.73. The van der Waals surface area contributed by atoms with Crippen LogP contribution in [-0.4, -0.2) is 17.3 Å². The molecule has 2 unspecified atom stereocenters. The van der Waals surface area contributed by atoms with Crippen molar-refractivity contribution >= 4 is 33.2 Å². The van der Waals surface area contributed by atoms with Gasteiger partial charge >= 0.3 is 0 Å². The van der Waals surface area contributed by atoms with Crippen molar-refractivity contribution in [3.8, 4) is 0 Å². The Bertz CT molecular complexity index is 430. The largest absolute Gasteiger partial charge is 0.353 e. The minimum absolute atomic E-state index is 0.0755. The Labute approximate surface area is 128 Å². The van der Waals surface area contributed by atoms with Crippen LogP contribution in [0.5, 0.6) is 0 Å². The predicted octanol–water partition coefficient (Wildman–Crippen LogP) is 4.09. The number of fused-ring (bicyclic) bond motifs is 1. The van der Waals surface area contributed by atoms with Crippen LogP contribution in [0.15, 0.2) is 11.4 Å². The topological polar surface area (TPSA) is 29.1 Å². The van der Waals surface area contributed by atoms with Crippen LogP contribution in [0.1, 0.15) is 49.5 Å². The van der Waals surface area contributed by atoms with Crippen molar-refractivity contribution in [2.24, 2.45) is 5.92 Å². The first-order chi connectivity index (χ1) is 9.13. The van der Waals surface area contributed by atoms with Crippen molar-refractivity contribution in [3.63, 3.8) is 0 Å². The normalized spacial score (nSPS) is 20.1. The Kier molecular flexibility index (Phi) is 5.46. The number of thiophene rings is 1. The molecule has 2 rings (SSSR count). The molecule has 1 amide bonds. The molecule has 0 spiro atoms. The van der Waals surface area contributed by atoms with Crippen LogP contribution in [0.25, 0.3) is 0 Å². The van der Waals surface area contributed by atoms with E-state index in [4.69, 9.17) is 0 Å². The smallest absolute Gasteiger partial charge is 0.227 e. The molecule has 0 bridgehead atoms. The molecule has 1 aromatic heterocycles. The molecule has 4 heteroatoms. The van der Waals surface area contributed by atoms with Gasteiger partial charge in [0.2, 0.25) is 5.91 Å². The Balaban J connectivity index is 2.05. The van der Waals surface area contributed by atoms with Gasteiger partial charge < -0.3 is 5.32 Å². The predicted molar refractivity (Wildman–Crippen MR) is 85.2 cm³/mol. The number of nitrogens with one attached hydrogen (secondary N) is 1. The second-order valence-electron chi connectivity index (χ2n) is 5.58. The van der Waals surface area contributed by atoms with Gasteiger partial charge in [-0.05, 0) is 48.6 Å². The zero-order chi connectivity index (χ0) is 13.8. The number of aryl methyl sites for hydroxylation is 1. The summed E-state index contributed by atoms with van der Waals surface area (Å²) in [5.41, 5.74) is 1.27. The van der Waals surface area contributed by atoms with Crippen LogP contribution < -0.4 is 5.32 Å². The Morgan fingerprint density at radius 2 is 2.37 bits per heavy atom. The third kappa shape index (κ3) is 3.60. The summed E-state index contributed by atoms with van der Waals surface area (Å²) in [4.78, 5) is 13.9. The maximum Gasteiger partial charge on any atom is 0.227 e. The summed E-state index contributed by atoms with van der Waals surface area (Å²) >= 11 is 5.27. The molecule has 19 heavy (non-hydrogen) atoms. The fourth-order valence-corrected chi connectivity index (χ4v) is 4.21. The van der Waals surface area contributed by atoms with Crippen molar-refractivity contribution in [3.05, 3.63) is 21.9 Å². The van der Waals surface area contributed by atoms with Crippen molar-refractivity contribution in [1.82, 2.24) is 5.32 Å². The summed E-state index contributed by atoms with van der Waals surface area (Å²) in [7, 11) is 0. The van der Waals surface area contributed by atoms with Gasteiger partial charge in [0.1, 0.15) is 0 Å². The number of rotatable bonds is 5. The maximum absolute atomic E-state index is 12.5. The van der Waals surface area contributed by atoms with Crippen LogP contribution in [-0.2, 0) is 11.2 Å².